The minimum Gasteiger partial charge on any atom is -0.340 e. The molecular weight excluding hydrogens is 160 g/mol. The number of hydrogen-bond donors (Lipinski definition) is 1. The van der Waals surface area contributed by atoms with Crippen LogP contribution in [0.15, 0.2) is 0 Å². The van der Waals surface area contributed by atoms with Gasteiger partial charge >= 0.3 is 0 Å². The van der Waals surface area contributed by atoms with Gasteiger partial charge in [-0.25, -0.2) is 0 Å². The van der Waals surface area contributed by atoms with Gasteiger partial charge in [-0.2, -0.15) is 11.8 Å². The Morgan fingerprint density at radius 3 is 3.09 bits per heavy atom. The van der Waals surface area contributed by atoms with E-state index in [1.54, 1.807) is 11.8 Å². The molecule has 1 amide bonds. The van der Waals surface area contributed by atoms with Gasteiger partial charge in [-0.15, -0.1) is 0 Å². The number of thioether (sulfide) groups is 1. The average Bonchev–Trinajstić information content (AvgIpc) is 1.93. The molecule has 1 rings (SSSR count). The number of nitrogens with two attached hydrogens (primary N) is 1. The zero-order valence-electron chi connectivity index (χ0n) is 6.75. The highest BCUT2D eigenvalue weighted by Gasteiger charge is 2.18. The summed E-state index contributed by atoms with van der Waals surface area (Å²) >= 11 is 1.70. The van der Waals surface area contributed by atoms with Crippen molar-refractivity contribution in [2.45, 2.75) is 13.0 Å². The molecule has 0 radical (unpaired) electrons. The Morgan fingerprint density at radius 2 is 2.55 bits per heavy atom. The van der Waals surface area contributed by atoms with Crippen LogP contribution in [0.1, 0.15) is 6.92 Å². The zero-order valence-corrected chi connectivity index (χ0v) is 7.56. The second-order valence-electron chi connectivity index (χ2n) is 2.87. The zero-order chi connectivity index (χ0) is 8.27. The van der Waals surface area contributed by atoms with Crippen LogP contribution in [-0.4, -0.2) is 41.4 Å². The van der Waals surface area contributed by atoms with Gasteiger partial charge in [0.2, 0.25) is 5.91 Å². The van der Waals surface area contributed by atoms with E-state index >= 15 is 0 Å². The van der Waals surface area contributed by atoms with Gasteiger partial charge in [-0.05, 0) is 6.92 Å². The molecule has 0 aromatic rings. The lowest BCUT2D eigenvalue weighted by Gasteiger charge is -2.27. The van der Waals surface area contributed by atoms with Crippen molar-refractivity contribution in [2.75, 3.05) is 24.6 Å². The second-order valence-corrected chi connectivity index (χ2v) is 3.97. The summed E-state index contributed by atoms with van der Waals surface area (Å²) in [6.45, 7) is 3.50. The van der Waals surface area contributed by atoms with E-state index in [-0.39, 0.29) is 11.9 Å². The second kappa shape index (κ2) is 3.97. The third-order valence-corrected chi connectivity index (χ3v) is 2.51. The third-order valence-electron chi connectivity index (χ3n) is 1.59. The van der Waals surface area contributed by atoms with Crippen molar-refractivity contribution in [2.24, 2.45) is 5.73 Å². The highest BCUT2D eigenvalue weighted by atomic mass is 32.2. The van der Waals surface area contributed by atoms with E-state index in [1.165, 1.54) is 0 Å². The largest absolute Gasteiger partial charge is 0.340 e. The SMILES string of the molecule is CC(N)CN1CCSCC1=O. The first-order valence-electron chi connectivity index (χ1n) is 3.81. The summed E-state index contributed by atoms with van der Waals surface area (Å²) in [5, 5.41) is 0. The quantitative estimate of drug-likeness (QED) is 0.636. The molecule has 0 saturated carbocycles. The van der Waals surface area contributed by atoms with Gasteiger partial charge in [0, 0.05) is 24.9 Å². The first-order chi connectivity index (χ1) is 5.20. The summed E-state index contributed by atoms with van der Waals surface area (Å²) in [4.78, 5) is 13.0. The fourth-order valence-corrected chi connectivity index (χ4v) is 1.94. The standard InChI is InChI=1S/C7H14N2OS/c1-6(8)4-9-2-3-11-5-7(9)10/h6H,2-5,8H2,1H3. The van der Waals surface area contributed by atoms with Crippen molar-refractivity contribution < 1.29 is 4.79 Å². The Bertz CT molecular complexity index is 149. The van der Waals surface area contributed by atoms with Crippen molar-refractivity contribution in [3.63, 3.8) is 0 Å². The molecule has 1 unspecified atom stereocenters. The lowest BCUT2D eigenvalue weighted by atomic mass is 10.3. The molecule has 0 aliphatic carbocycles. The fraction of sp³-hybridized carbons (Fsp3) is 0.857. The smallest absolute Gasteiger partial charge is 0.232 e. The summed E-state index contributed by atoms with van der Waals surface area (Å²) in [5.74, 6) is 1.92. The first-order valence-corrected chi connectivity index (χ1v) is 4.96. The summed E-state index contributed by atoms with van der Waals surface area (Å²) in [6.07, 6.45) is 0. The molecule has 1 heterocycles. The monoisotopic (exact) mass is 174 g/mol. The highest BCUT2D eigenvalue weighted by Crippen LogP contribution is 2.10. The summed E-state index contributed by atoms with van der Waals surface area (Å²) in [5.41, 5.74) is 5.58. The Hall–Kier alpha value is -0.220. The lowest BCUT2D eigenvalue weighted by molar-refractivity contribution is -0.128. The maximum absolute atomic E-state index is 11.2. The number of carbonyl (C=O) groups excluding carboxylic acids is 1. The van der Waals surface area contributed by atoms with E-state index in [2.05, 4.69) is 0 Å². The van der Waals surface area contributed by atoms with Crippen LogP contribution < -0.4 is 5.73 Å². The van der Waals surface area contributed by atoms with Gasteiger partial charge in [0.1, 0.15) is 0 Å². The number of rotatable bonds is 2. The van der Waals surface area contributed by atoms with Crippen molar-refractivity contribution in [1.82, 2.24) is 4.90 Å². The summed E-state index contributed by atoms with van der Waals surface area (Å²) < 4.78 is 0. The van der Waals surface area contributed by atoms with Crippen LogP contribution in [0.2, 0.25) is 0 Å². The Balaban J connectivity index is 2.36. The molecule has 64 valence electrons. The molecule has 3 nitrogen and oxygen atoms in total. The van der Waals surface area contributed by atoms with Crippen LogP contribution in [0, 0.1) is 0 Å². The molecule has 2 N–H and O–H groups in total. The molecular formula is C7H14N2OS. The van der Waals surface area contributed by atoms with E-state index in [1.807, 2.05) is 11.8 Å². The van der Waals surface area contributed by atoms with Crippen LogP contribution in [0.3, 0.4) is 0 Å². The minimum atomic E-state index is 0.0991. The van der Waals surface area contributed by atoms with E-state index in [4.69, 9.17) is 5.73 Å². The van der Waals surface area contributed by atoms with Crippen LogP contribution in [0.5, 0.6) is 0 Å². The molecule has 0 aromatic heterocycles. The molecule has 1 aliphatic rings. The normalized spacial score (nSPS) is 22.0. The van der Waals surface area contributed by atoms with E-state index in [9.17, 15) is 4.79 Å². The topological polar surface area (TPSA) is 46.3 Å². The molecule has 11 heavy (non-hydrogen) atoms. The molecule has 1 atom stereocenters. The lowest BCUT2D eigenvalue weighted by Crippen LogP contribution is -2.44. The molecule has 4 heteroatoms. The molecule has 1 saturated heterocycles. The van der Waals surface area contributed by atoms with E-state index < -0.39 is 0 Å². The van der Waals surface area contributed by atoms with Crippen molar-refractivity contribution in [1.29, 1.82) is 0 Å². The number of amides is 1. The van der Waals surface area contributed by atoms with Gasteiger partial charge in [0.15, 0.2) is 0 Å². The Morgan fingerprint density at radius 1 is 1.82 bits per heavy atom. The minimum absolute atomic E-state index is 0.0991. The van der Waals surface area contributed by atoms with Crippen LogP contribution in [0.25, 0.3) is 0 Å². The molecule has 1 fully saturated rings. The fourth-order valence-electron chi connectivity index (χ4n) is 1.09. The molecule has 0 aromatic carbocycles. The highest BCUT2D eigenvalue weighted by molar-refractivity contribution is 8.00. The summed E-state index contributed by atoms with van der Waals surface area (Å²) in [7, 11) is 0. The van der Waals surface area contributed by atoms with Crippen molar-refractivity contribution in [3.05, 3.63) is 0 Å². The van der Waals surface area contributed by atoms with Crippen LogP contribution in [-0.2, 0) is 4.79 Å². The predicted octanol–water partition coefficient (Wildman–Crippen LogP) is -0.0910. The van der Waals surface area contributed by atoms with E-state index in [0.29, 0.717) is 12.3 Å². The van der Waals surface area contributed by atoms with Gasteiger partial charge in [-0.1, -0.05) is 0 Å². The number of hydrogen-bond acceptors (Lipinski definition) is 3. The average molecular weight is 174 g/mol. The first kappa shape index (κ1) is 8.87. The predicted molar refractivity (Wildman–Crippen MR) is 47.6 cm³/mol. The molecule has 0 spiro atoms. The maximum atomic E-state index is 11.2. The molecule has 0 bridgehead atoms. The van der Waals surface area contributed by atoms with Crippen molar-refractivity contribution >= 4 is 17.7 Å². The maximum Gasteiger partial charge on any atom is 0.232 e. The third kappa shape index (κ3) is 2.71. The number of carbonyl (C=O) groups is 1. The van der Waals surface area contributed by atoms with Gasteiger partial charge in [0.05, 0.1) is 5.75 Å². The summed E-state index contributed by atoms with van der Waals surface area (Å²) in [6, 6.07) is 0.0991. The van der Waals surface area contributed by atoms with Crippen LogP contribution in [0.4, 0.5) is 0 Å². The Kier molecular flexibility index (Phi) is 3.20. The van der Waals surface area contributed by atoms with Gasteiger partial charge in [0.25, 0.3) is 0 Å². The van der Waals surface area contributed by atoms with E-state index in [0.717, 1.165) is 12.3 Å². The van der Waals surface area contributed by atoms with Gasteiger partial charge < -0.3 is 10.6 Å². The number of nitrogens with zero attached hydrogens (tertiary/aromatic N) is 1. The van der Waals surface area contributed by atoms with Crippen molar-refractivity contribution in [3.8, 4) is 0 Å². The van der Waals surface area contributed by atoms with Gasteiger partial charge in [-0.3, -0.25) is 4.79 Å². The van der Waals surface area contributed by atoms with Crippen LogP contribution >= 0.6 is 11.8 Å². The molecule has 1 aliphatic heterocycles. The Labute approximate surface area is 71.3 Å².